The zero-order chi connectivity index (χ0) is 21.1. The zero-order valence-corrected chi connectivity index (χ0v) is 16.6. The molecule has 0 spiro atoms. The Morgan fingerprint density at radius 3 is 2.50 bits per heavy atom. The van der Waals surface area contributed by atoms with E-state index in [9.17, 15) is 14.0 Å². The van der Waals surface area contributed by atoms with Gasteiger partial charge in [-0.15, -0.1) is 5.10 Å². The summed E-state index contributed by atoms with van der Waals surface area (Å²) in [5, 5.41) is 10.8. The second-order valence-electron chi connectivity index (χ2n) is 7.30. The molecule has 0 saturated carbocycles. The van der Waals surface area contributed by atoms with Crippen molar-refractivity contribution in [2.75, 3.05) is 18.4 Å². The van der Waals surface area contributed by atoms with Crippen molar-refractivity contribution in [1.82, 2.24) is 19.9 Å². The molecule has 0 aliphatic carbocycles. The van der Waals surface area contributed by atoms with Crippen LogP contribution in [-0.4, -0.2) is 44.8 Å². The second-order valence-corrected chi connectivity index (χ2v) is 7.30. The highest BCUT2D eigenvalue weighted by molar-refractivity contribution is 6.04. The topological polar surface area (TPSA) is 80.1 Å². The van der Waals surface area contributed by atoms with E-state index in [0.29, 0.717) is 22.6 Å². The van der Waals surface area contributed by atoms with E-state index in [1.54, 1.807) is 43.3 Å². The van der Waals surface area contributed by atoms with E-state index in [0.717, 1.165) is 32.4 Å². The van der Waals surface area contributed by atoms with Crippen LogP contribution in [0.15, 0.2) is 48.5 Å². The summed E-state index contributed by atoms with van der Waals surface area (Å²) in [6, 6.07) is 12.7. The molecular formula is C22H22FN5O2. The molecule has 0 radical (unpaired) electrons. The number of hydrogen-bond acceptors (Lipinski definition) is 4. The standard InChI is InChI=1S/C22H22FN5O2/c1-15-20(25-26-28(15)19-10-8-17(23)9-11-19)21(29)24-18-7-5-6-16(14-18)22(30)27-12-3-2-4-13-27/h5-11,14H,2-4,12-13H2,1H3,(H,24,29). The molecule has 1 aliphatic rings. The fraction of sp³-hybridized carbons (Fsp3) is 0.273. The lowest BCUT2D eigenvalue weighted by molar-refractivity contribution is 0.0724. The van der Waals surface area contributed by atoms with Gasteiger partial charge in [-0.2, -0.15) is 0 Å². The Morgan fingerprint density at radius 2 is 1.77 bits per heavy atom. The van der Waals surface area contributed by atoms with Crippen LogP contribution in [0.25, 0.3) is 5.69 Å². The maximum absolute atomic E-state index is 13.2. The van der Waals surface area contributed by atoms with Gasteiger partial charge in [-0.25, -0.2) is 9.07 Å². The highest BCUT2D eigenvalue weighted by atomic mass is 19.1. The minimum Gasteiger partial charge on any atom is -0.339 e. The average molecular weight is 407 g/mol. The molecule has 0 atom stereocenters. The third-order valence-corrected chi connectivity index (χ3v) is 5.19. The molecule has 8 heteroatoms. The van der Waals surface area contributed by atoms with Crippen molar-refractivity contribution in [3.63, 3.8) is 0 Å². The zero-order valence-electron chi connectivity index (χ0n) is 16.6. The van der Waals surface area contributed by atoms with E-state index in [2.05, 4.69) is 15.6 Å². The van der Waals surface area contributed by atoms with Gasteiger partial charge in [0.2, 0.25) is 0 Å². The fourth-order valence-electron chi connectivity index (χ4n) is 3.57. The summed E-state index contributed by atoms with van der Waals surface area (Å²) in [5.74, 6) is -0.805. The summed E-state index contributed by atoms with van der Waals surface area (Å²) in [5.41, 5.74) is 2.35. The van der Waals surface area contributed by atoms with Crippen LogP contribution in [0, 0.1) is 12.7 Å². The van der Waals surface area contributed by atoms with E-state index in [1.165, 1.54) is 16.8 Å². The first-order chi connectivity index (χ1) is 14.5. The lowest BCUT2D eigenvalue weighted by atomic mass is 10.1. The maximum atomic E-state index is 13.2. The molecule has 1 aliphatic heterocycles. The van der Waals surface area contributed by atoms with Crippen molar-refractivity contribution in [2.45, 2.75) is 26.2 Å². The van der Waals surface area contributed by atoms with E-state index < -0.39 is 5.91 Å². The van der Waals surface area contributed by atoms with Crippen molar-refractivity contribution in [1.29, 1.82) is 0 Å². The molecule has 2 aromatic carbocycles. The number of rotatable bonds is 4. The molecule has 0 bridgehead atoms. The second kappa shape index (κ2) is 8.44. The summed E-state index contributed by atoms with van der Waals surface area (Å²) in [4.78, 5) is 27.3. The summed E-state index contributed by atoms with van der Waals surface area (Å²) in [7, 11) is 0. The van der Waals surface area contributed by atoms with Crippen LogP contribution in [0.5, 0.6) is 0 Å². The number of nitrogens with one attached hydrogen (secondary N) is 1. The summed E-state index contributed by atoms with van der Waals surface area (Å²) < 4.78 is 14.6. The average Bonchev–Trinajstić information content (AvgIpc) is 3.16. The molecular weight excluding hydrogens is 385 g/mol. The van der Waals surface area contributed by atoms with Gasteiger partial charge < -0.3 is 10.2 Å². The first kappa shape index (κ1) is 19.8. The highest BCUT2D eigenvalue weighted by Crippen LogP contribution is 2.18. The third kappa shape index (κ3) is 4.07. The number of likely N-dealkylation sites (tertiary alicyclic amines) is 1. The van der Waals surface area contributed by atoms with Crippen molar-refractivity contribution in [3.8, 4) is 5.69 Å². The molecule has 1 N–H and O–H groups in total. The number of carbonyl (C=O) groups excluding carboxylic acids is 2. The van der Waals surface area contributed by atoms with Gasteiger partial charge in [-0.1, -0.05) is 11.3 Å². The van der Waals surface area contributed by atoms with E-state index in [-0.39, 0.29) is 17.4 Å². The Kier molecular flexibility index (Phi) is 5.56. The fourth-order valence-corrected chi connectivity index (χ4v) is 3.57. The van der Waals surface area contributed by atoms with Gasteiger partial charge >= 0.3 is 0 Å². The van der Waals surface area contributed by atoms with E-state index >= 15 is 0 Å². The minimum atomic E-state index is -0.427. The summed E-state index contributed by atoms with van der Waals surface area (Å²) in [6.07, 6.45) is 3.19. The van der Waals surface area contributed by atoms with Gasteiger partial charge in [0.1, 0.15) is 5.82 Å². The van der Waals surface area contributed by atoms with E-state index in [4.69, 9.17) is 0 Å². The molecule has 154 valence electrons. The molecule has 3 aromatic rings. The van der Waals surface area contributed by atoms with Crippen LogP contribution in [0.3, 0.4) is 0 Å². The first-order valence-electron chi connectivity index (χ1n) is 9.92. The van der Waals surface area contributed by atoms with Gasteiger partial charge in [0, 0.05) is 24.3 Å². The Balaban J connectivity index is 1.50. The normalized spacial score (nSPS) is 13.9. The van der Waals surface area contributed by atoms with Crippen LogP contribution in [0.2, 0.25) is 0 Å². The Hall–Kier alpha value is -3.55. The molecule has 2 amide bonds. The monoisotopic (exact) mass is 407 g/mol. The number of halogens is 1. The van der Waals surface area contributed by atoms with E-state index in [1.807, 2.05) is 4.90 Å². The molecule has 0 unspecified atom stereocenters. The molecule has 1 fully saturated rings. The number of carbonyl (C=O) groups is 2. The van der Waals surface area contributed by atoms with Crippen molar-refractivity contribution in [2.24, 2.45) is 0 Å². The quantitative estimate of drug-likeness (QED) is 0.717. The lowest BCUT2D eigenvalue weighted by Gasteiger charge is -2.26. The highest BCUT2D eigenvalue weighted by Gasteiger charge is 2.20. The Bertz CT molecular complexity index is 1070. The predicted octanol–water partition coefficient (Wildman–Crippen LogP) is 3.59. The minimum absolute atomic E-state index is 0.0239. The number of hydrogen-bond donors (Lipinski definition) is 1. The Morgan fingerprint density at radius 1 is 1.03 bits per heavy atom. The lowest BCUT2D eigenvalue weighted by Crippen LogP contribution is -2.35. The largest absolute Gasteiger partial charge is 0.339 e. The molecule has 1 aromatic heterocycles. The van der Waals surface area contributed by atoms with Gasteiger partial charge in [0.15, 0.2) is 5.69 Å². The van der Waals surface area contributed by atoms with Crippen molar-refractivity contribution < 1.29 is 14.0 Å². The number of piperidine rings is 1. The molecule has 30 heavy (non-hydrogen) atoms. The number of benzene rings is 2. The molecule has 4 rings (SSSR count). The molecule has 2 heterocycles. The van der Waals surface area contributed by atoms with Gasteiger partial charge in [0.25, 0.3) is 11.8 Å². The maximum Gasteiger partial charge on any atom is 0.278 e. The van der Waals surface area contributed by atoms with Gasteiger partial charge in [-0.05, 0) is 68.7 Å². The summed E-state index contributed by atoms with van der Waals surface area (Å²) >= 11 is 0. The number of amides is 2. The number of aromatic nitrogens is 3. The van der Waals surface area contributed by atoms with Gasteiger partial charge in [-0.3, -0.25) is 9.59 Å². The predicted molar refractivity (Wildman–Crippen MR) is 110 cm³/mol. The summed E-state index contributed by atoms with van der Waals surface area (Å²) in [6.45, 7) is 3.25. The number of nitrogens with zero attached hydrogens (tertiary/aromatic N) is 4. The van der Waals surface area contributed by atoms with Gasteiger partial charge in [0.05, 0.1) is 11.4 Å². The number of anilines is 1. The van der Waals surface area contributed by atoms with Crippen LogP contribution < -0.4 is 5.32 Å². The third-order valence-electron chi connectivity index (χ3n) is 5.19. The molecule has 7 nitrogen and oxygen atoms in total. The van der Waals surface area contributed by atoms with Crippen molar-refractivity contribution in [3.05, 3.63) is 71.3 Å². The van der Waals surface area contributed by atoms with Crippen LogP contribution in [-0.2, 0) is 0 Å². The van der Waals surface area contributed by atoms with Crippen LogP contribution >= 0.6 is 0 Å². The SMILES string of the molecule is Cc1c(C(=O)Nc2cccc(C(=O)N3CCCCC3)c2)nnn1-c1ccc(F)cc1. The molecule has 1 saturated heterocycles. The van der Waals surface area contributed by atoms with Crippen molar-refractivity contribution >= 4 is 17.5 Å². The first-order valence-corrected chi connectivity index (χ1v) is 9.92. The van der Waals surface area contributed by atoms with Crippen LogP contribution in [0.4, 0.5) is 10.1 Å². The Labute approximate surface area is 173 Å². The van der Waals surface area contributed by atoms with Crippen LogP contribution in [0.1, 0.15) is 45.8 Å². The smallest absolute Gasteiger partial charge is 0.278 e.